The average molecular weight is 309 g/mol. The van der Waals surface area contributed by atoms with Crippen molar-refractivity contribution < 1.29 is 9.18 Å². The molecule has 21 heavy (non-hydrogen) atoms. The van der Waals surface area contributed by atoms with Crippen LogP contribution >= 0.6 is 12.2 Å². The van der Waals surface area contributed by atoms with Crippen molar-refractivity contribution in [2.45, 2.75) is 32.4 Å². The molecule has 1 aromatic carbocycles. The topological polar surface area (TPSA) is 72.4 Å². The molecule has 0 saturated carbocycles. The fraction of sp³-hybridized carbons (Fsp3) is 0.467. The van der Waals surface area contributed by atoms with Gasteiger partial charge >= 0.3 is 0 Å². The molecular weight excluding hydrogens is 289 g/mol. The van der Waals surface area contributed by atoms with E-state index in [1.807, 2.05) is 0 Å². The second kappa shape index (κ2) is 6.49. The van der Waals surface area contributed by atoms with Gasteiger partial charge in [0.2, 0.25) is 5.91 Å². The van der Waals surface area contributed by atoms with Crippen molar-refractivity contribution in [1.82, 2.24) is 4.90 Å². The Morgan fingerprint density at radius 2 is 2.14 bits per heavy atom. The molecule has 1 heterocycles. The van der Waals surface area contributed by atoms with Gasteiger partial charge in [-0.05, 0) is 25.8 Å². The summed E-state index contributed by atoms with van der Waals surface area (Å²) in [5.74, 6) is -0.828. The first-order chi connectivity index (χ1) is 9.90. The summed E-state index contributed by atoms with van der Waals surface area (Å²) in [6.45, 7) is 3.06. The van der Waals surface area contributed by atoms with Crippen LogP contribution in [0.4, 0.5) is 4.39 Å². The zero-order chi connectivity index (χ0) is 15.6. The summed E-state index contributed by atoms with van der Waals surface area (Å²) in [4.78, 5) is 13.5. The van der Waals surface area contributed by atoms with E-state index in [-0.39, 0.29) is 34.2 Å². The number of piperidine rings is 1. The highest BCUT2D eigenvalue weighted by atomic mass is 32.1. The first kappa shape index (κ1) is 15.9. The lowest BCUT2D eigenvalue weighted by atomic mass is 9.92. The quantitative estimate of drug-likeness (QED) is 0.828. The maximum Gasteiger partial charge on any atom is 0.221 e. The molecular formula is C15H20FN3OS. The molecule has 2 unspecified atom stereocenters. The maximum atomic E-state index is 14.4. The summed E-state index contributed by atoms with van der Waals surface area (Å²) in [6, 6.07) is 5.33. The molecule has 1 saturated heterocycles. The van der Waals surface area contributed by atoms with Crippen LogP contribution in [0.3, 0.4) is 0 Å². The van der Waals surface area contributed by atoms with Gasteiger partial charge < -0.3 is 11.5 Å². The third-order valence-electron chi connectivity index (χ3n) is 4.13. The van der Waals surface area contributed by atoms with Gasteiger partial charge in [0.1, 0.15) is 10.8 Å². The zero-order valence-electron chi connectivity index (χ0n) is 12.0. The molecule has 1 aromatic rings. The molecule has 4 nitrogen and oxygen atoms in total. The van der Waals surface area contributed by atoms with E-state index >= 15 is 0 Å². The van der Waals surface area contributed by atoms with Crippen LogP contribution < -0.4 is 11.5 Å². The monoisotopic (exact) mass is 309 g/mol. The Kier molecular flexibility index (Phi) is 4.90. The number of likely N-dealkylation sites (tertiary alicyclic amines) is 1. The van der Waals surface area contributed by atoms with Gasteiger partial charge in [0.15, 0.2) is 0 Å². The molecule has 0 spiro atoms. The number of carbonyl (C=O) groups excluding carboxylic acids is 1. The van der Waals surface area contributed by atoms with Crippen molar-refractivity contribution in [3.63, 3.8) is 0 Å². The SMILES string of the molecule is CC1CCC(C(N)=O)CN1Cc1cccc(C(N)=S)c1F. The lowest BCUT2D eigenvalue weighted by Crippen LogP contribution is -2.45. The molecule has 0 radical (unpaired) electrons. The largest absolute Gasteiger partial charge is 0.389 e. The Labute approximate surface area is 129 Å². The van der Waals surface area contributed by atoms with E-state index in [4.69, 9.17) is 23.7 Å². The van der Waals surface area contributed by atoms with E-state index in [0.717, 1.165) is 12.8 Å². The Balaban J connectivity index is 2.18. The highest BCUT2D eigenvalue weighted by molar-refractivity contribution is 7.80. The third kappa shape index (κ3) is 3.57. The van der Waals surface area contributed by atoms with Crippen molar-refractivity contribution in [2.24, 2.45) is 17.4 Å². The fourth-order valence-corrected chi connectivity index (χ4v) is 2.90. The minimum atomic E-state index is -0.376. The summed E-state index contributed by atoms with van der Waals surface area (Å²) >= 11 is 4.85. The number of halogens is 1. The standard InChI is InChI=1S/C15H20FN3OS/c1-9-5-6-11(14(17)20)8-19(9)7-10-3-2-4-12(13(10)16)15(18)21/h2-4,9,11H,5-8H2,1H3,(H2,17,20)(H2,18,21). The number of benzene rings is 1. The second-order valence-corrected chi connectivity index (χ2v) is 6.04. The van der Waals surface area contributed by atoms with Crippen molar-refractivity contribution in [3.05, 3.63) is 35.1 Å². The van der Waals surface area contributed by atoms with E-state index < -0.39 is 0 Å². The minimum absolute atomic E-state index is 0.0519. The van der Waals surface area contributed by atoms with Crippen LogP contribution in [-0.2, 0) is 11.3 Å². The van der Waals surface area contributed by atoms with Crippen molar-refractivity contribution >= 4 is 23.1 Å². The molecule has 2 rings (SSSR count). The normalized spacial score (nSPS) is 23.0. The van der Waals surface area contributed by atoms with Gasteiger partial charge in [0.05, 0.1) is 5.92 Å². The molecule has 0 bridgehead atoms. The van der Waals surface area contributed by atoms with E-state index in [0.29, 0.717) is 18.7 Å². The number of thiocarbonyl (C=S) groups is 1. The van der Waals surface area contributed by atoms with E-state index in [1.54, 1.807) is 18.2 Å². The Hall–Kier alpha value is -1.53. The molecule has 6 heteroatoms. The van der Waals surface area contributed by atoms with Crippen LogP contribution in [-0.4, -0.2) is 28.4 Å². The van der Waals surface area contributed by atoms with Gasteiger partial charge in [0, 0.05) is 30.3 Å². The molecule has 0 aromatic heterocycles. The first-order valence-corrected chi connectivity index (χ1v) is 7.41. The molecule has 1 fully saturated rings. The molecule has 2 atom stereocenters. The maximum absolute atomic E-state index is 14.4. The molecule has 1 aliphatic heterocycles. The smallest absolute Gasteiger partial charge is 0.221 e. The van der Waals surface area contributed by atoms with Crippen LogP contribution in [0.1, 0.15) is 30.9 Å². The molecule has 1 amide bonds. The number of hydrogen-bond donors (Lipinski definition) is 2. The summed E-state index contributed by atoms with van der Waals surface area (Å²) in [6.07, 6.45) is 1.67. The Morgan fingerprint density at radius 1 is 1.43 bits per heavy atom. The van der Waals surface area contributed by atoms with Crippen LogP contribution in [0, 0.1) is 11.7 Å². The number of primary amides is 1. The highest BCUT2D eigenvalue weighted by Gasteiger charge is 2.29. The third-order valence-corrected chi connectivity index (χ3v) is 4.35. The average Bonchev–Trinajstić information content (AvgIpc) is 2.42. The lowest BCUT2D eigenvalue weighted by Gasteiger charge is -2.37. The first-order valence-electron chi connectivity index (χ1n) is 7.00. The van der Waals surface area contributed by atoms with Gasteiger partial charge in [-0.1, -0.05) is 24.4 Å². The number of nitrogens with zero attached hydrogens (tertiary/aromatic N) is 1. The van der Waals surface area contributed by atoms with Crippen molar-refractivity contribution in [2.75, 3.05) is 6.54 Å². The molecule has 4 N–H and O–H groups in total. The van der Waals surface area contributed by atoms with Crippen LogP contribution in [0.5, 0.6) is 0 Å². The second-order valence-electron chi connectivity index (χ2n) is 5.60. The van der Waals surface area contributed by atoms with E-state index in [2.05, 4.69) is 11.8 Å². The predicted molar refractivity (Wildman–Crippen MR) is 84.1 cm³/mol. The number of amides is 1. The summed E-state index contributed by atoms with van der Waals surface area (Å²) < 4.78 is 14.4. The summed E-state index contributed by atoms with van der Waals surface area (Å²) in [5, 5.41) is 0. The fourth-order valence-electron chi connectivity index (χ4n) is 2.74. The zero-order valence-corrected chi connectivity index (χ0v) is 12.8. The van der Waals surface area contributed by atoms with Crippen molar-refractivity contribution in [1.29, 1.82) is 0 Å². The molecule has 0 aliphatic carbocycles. The lowest BCUT2D eigenvalue weighted by molar-refractivity contribution is -0.124. The van der Waals surface area contributed by atoms with Gasteiger partial charge in [-0.2, -0.15) is 0 Å². The van der Waals surface area contributed by atoms with Gasteiger partial charge in [-0.3, -0.25) is 9.69 Å². The van der Waals surface area contributed by atoms with Crippen LogP contribution in [0.2, 0.25) is 0 Å². The van der Waals surface area contributed by atoms with Crippen molar-refractivity contribution in [3.8, 4) is 0 Å². The number of rotatable bonds is 4. The Morgan fingerprint density at radius 3 is 2.76 bits per heavy atom. The summed E-state index contributed by atoms with van der Waals surface area (Å²) in [5.41, 5.74) is 11.7. The molecule has 114 valence electrons. The van der Waals surface area contributed by atoms with E-state index in [9.17, 15) is 9.18 Å². The van der Waals surface area contributed by atoms with Gasteiger partial charge in [-0.25, -0.2) is 4.39 Å². The number of nitrogens with two attached hydrogens (primary N) is 2. The molecule has 1 aliphatic rings. The number of hydrogen-bond acceptors (Lipinski definition) is 3. The minimum Gasteiger partial charge on any atom is -0.389 e. The van der Waals surface area contributed by atoms with Gasteiger partial charge in [-0.15, -0.1) is 0 Å². The predicted octanol–water partition coefficient (Wildman–Crippen LogP) is 1.55. The highest BCUT2D eigenvalue weighted by Crippen LogP contribution is 2.25. The van der Waals surface area contributed by atoms with Crippen LogP contribution in [0.25, 0.3) is 0 Å². The number of carbonyl (C=O) groups is 1. The Bertz CT molecular complexity index is 564. The van der Waals surface area contributed by atoms with Crippen LogP contribution in [0.15, 0.2) is 18.2 Å². The summed E-state index contributed by atoms with van der Waals surface area (Å²) in [7, 11) is 0. The van der Waals surface area contributed by atoms with E-state index in [1.165, 1.54) is 0 Å². The van der Waals surface area contributed by atoms with Gasteiger partial charge in [0.25, 0.3) is 0 Å².